The van der Waals surface area contributed by atoms with E-state index in [1.54, 1.807) is 0 Å². The minimum Gasteiger partial charge on any atom is -0.457 e. The normalized spacial score (nSPS) is 12.9. The second-order valence-electron chi connectivity index (χ2n) is 15.5. The van der Waals surface area contributed by atoms with E-state index in [1.165, 1.54) is 22.3 Å². The Morgan fingerprint density at radius 3 is 1.62 bits per heavy atom. The van der Waals surface area contributed by atoms with Crippen LogP contribution in [0.25, 0.3) is 78.2 Å². The zero-order valence-electron chi connectivity index (χ0n) is 32.5. The van der Waals surface area contributed by atoms with Gasteiger partial charge >= 0.3 is 0 Å². The summed E-state index contributed by atoms with van der Waals surface area (Å²) in [4.78, 5) is 15.2. The smallest absolute Gasteiger partial charge is 0.160 e. The van der Waals surface area contributed by atoms with Crippen molar-refractivity contribution in [3.8, 4) is 78.8 Å². The molecule has 1 aliphatic heterocycles. The Labute approximate surface area is 348 Å². The average Bonchev–Trinajstić information content (AvgIpc) is 3.63. The number of pyridine rings is 1. The van der Waals surface area contributed by atoms with E-state index in [9.17, 15) is 0 Å². The number of fused-ring (bicyclic) bond motifs is 10. The lowest BCUT2D eigenvalue weighted by atomic mass is 9.66. The van der Waals surface area contributed by atoms with Crippen molar-refractivity contribution >= 4 is 10.9 Å². The molecule has 0 unspecified atom stereocenters. The lowest BCUT2D eigenvalue weighted by Crippen LogP contribution is -2.32. The molecule has 0 bridgehead atoms. The fourth-order valence-electron chi connectivity index (χ4n) is 9.69. The largest absolute Gasteiger partial charge is 0.457 e. The average molecular weight is 766 g/mol. The molecular formula is C56H35N3O. The first-order chi connectivity index (χ1) is 29.8. The summed E-state index contributed by atoms with van der Waals surface area (Å²) in [6.07, 6.45) is 1.89. The summed E-state index contributed by atoms with van der Waals surface area (Å²) in [6.45, 7) is 0. The van der Waals surface area contributed by atoms with Gasteiger partial charge in [0.05, 0.1) is 22.3 Å². The third-order valence-corrected chi connectivity index (χ3v) is 12.2. The van der Waals surface area contributed by atoms with E-state index in [0.29, 0.717) is 5.82 Å². The van der Waals surface area contributed by atoms with Gasteiger partial charge in [-0.15, -0.1) is 0 Å². The Hall–Kier alpha value is -7.95. The molecule has 2 aromatic heterocycles. The van der Waals surface area contributed by atoms with Crippen molar-refractivity contribution in [2.75, 3.05) is 0 Å². The summed E-state index contributed by atoms with van der Waals surface area (Å²) in [5.41, 5.74) is 16.8. The summed E-state index contributed by atoms with van der Waals surface area (Å²) in [7, 11) is 0. The van der Waals surface area contributed by atoms with Crippen molar-refractivity contribution in [2.45, 2.75) is 5.41 Å². The Bertz CT molecular complexity index is 3190. The van der Waals surface area contributed by atoms with Crippen LogP contribution >= 0.6 is 0 Å². The van der Waals surface area contributed by atoms with Crippen LogP contribution in [0.15, 0.2) is 212 Å². The predicted octanol–water partition coefficient (Wildman–Crippen LogP) is 13.8. The summed E-state index contributed by atoms with van der Waals surface area (Å²) in [5, 5.41) is 1.11. The molecule has 0 atom stereocenters. The van der Waals surface area contributed by atoms with Crippen LogP contribution in [0, 0.1) is 0 Å². The second-order valence-corrected chi connectivity index (χ2v) is 15.5. The van der Waals surface area contributed by atoms with Crippen LogP contribution in [0.4, 0.5) is 0 Å². The number of hydrogen-bond acceptors (Lipinski definition) is 4. The fraction of sp³-hybridized carbons (Fsp3) is 0.0179. The Kier molecular flexibility index (Phi) is 7.72. The summed E-state index contributed by atoms with van der Waals surface area (Å²) < 4.78 is 6.71. The molecule has 0 amide bonds. The van der Waals surface area contributed by atoms with E-state index in [1.807, 2.05) is 36.5 Å². The van der Waals surface area contributed by atoms with E-state index in [2.05, 4.69) is 176 Å². The molecule has 1 spiro atoms. The number of rotatable bonds is 5. The molecule has 12 rings (SSSR count). The molecule has 10 aromatic rings. The maximum absolute atomic E-state index is 6.71. The standard InChI is InChI=1S/C56H35N3O/c1-3-16-36(17-4-1)48-35-49(59-55(58-48)38-18-5-2-6-19-38)40-22-11-21-39(34-40)41-24-13-29-46-52(41)53-42(43-26-12-20-37-23-15-33-57-54(37)43)25-14-30-47(53)56(46)44-27-7-9-31-50(44)60-51-32-10-8-28-45(51)56/h1-35H. The molecule has 0 saturated heterocycles. The lowest BCUT2D eigenvalue weighted by molar-refractivity contribution is 0.436. The highest BCUT2D eigenvalue weighted by Gasteiger charge is 2.52. The van der Waals surface area contributed by atoms with Crippen LogP contribution in [0.3, 0.4) is 0 Å². The number of benzene rings is 8. The number of ether oxygens (including phenoxy) is 1. The Morgan fingerprint density at radius 2 is 0.883 bits per heavy atom. The van der Waals surface area contributed by atoms with Crippen molar-refractivity contribution < 1.29 is 4.74 Å². The number of para-hydroxylation sites is 3. The maximum Gasteiger partial charge on any atom is 0.160 e. The summed E-state index contributed by atoms with van der Waals surface area (Å²) in [5.74, 6) is 2.43. The van der Waals surface area contributed by atoms with E-state index in [4.69, 9.17) is 19.7 Å². The number of hydrogen-bond donors (Lipinski definition) is 0. The van der Waals surface area contributed by atoms with Gasteiger partial charge < -0.3 is 4.74 Å². The van der Waals surface area contributed by atoms with Crippen molar-refractivity contribution in [3.05, 3.63) is 235 Å². The van der Waals surface area contributed by atoms with Gasteiger partial charge in [0.1, 0.15) is 11.5 Å². The van der Waals surface area contributed by atoms with Gasteiger partial charge in [-0.3, -0.25) is 4.98 Å². The van der Waals surface area contributed by atoms with E-state index < -0.39 is 5.41 Å². The van der Waals surface area contributed by atoms with Crippen molar-refractivity contribution in [3.63, 3.8) is 0 Å². The topological polar surface area (TPSA) is 47.9 Å². The highest BCUT2D eigenvalue weighted by atomic mass is 16.5. The molecule has 0 saturated carbocycles. The van der Waals surface area contributed by atoms with E-state index in [0.717, 1.165) is 83.9 Å². The van der Waals surface area contributed by atoms with Gasteiger partial charge in [-0.25, -0.2) is 9.97 Å². The molecule has 1 aliphatic carbocycles. The molecule has 0 N–H and O–H groups in total. The van der Waals surface area contributed by atoms with Gasteiger partial charge in [-0.05, 0) is 69.3 Å². The fourth-order valence-corrected chi connectivity index (χ4v) is 9.69. The second kappa shape index (κ2) is 13.6. The van der Waals surface area contributed by atoms with Crippen molar-refractivity contribution in [2.24, 2.45) is 0 Å². The lowest BCUT2D eigenvalue weighted by Gasteiger charge is -2.39. The van der Waals surface area contributed by atoms with E-state index >= 15 is 0 Å². The Balaban J connectivity index is 1.14. The molecule has 4 nitrogen and oxygen atoms in total. The molecule has 0 radical (unpaired) electrons. The number of aromatic nitrogens is 3. The van der Waals surface area contributed by atoms with Crippen LogP contribution in [0.2, 0.25) is 0 Å². The van der Waals surface area contributed by atoms with E-state index in [-0.39, 0.29) is 0 Å². The highest BCUT2D eigenvalue weighted by molar-refractivity contribution is 6.06. The van der Waals surface area contributed by atoms with Crippen LogP contribution in [0.1, 0.15) is 22.3 Å². The minimum atomic E-state index is -0.639. The van der Waals surface area contributed by atoms with Crippen LogP contribution in [0.5, 0.6) is 11.5 Å². The molecule has 8 aromatic carbocycles. The number of nitrogens with zero attached hydrogens (tertiary/aromatic N) is 3. The SMILES string of the molecule is c1ccc(-c2cc(-c3cccc(-c4cccc5c4-c4c(-c6cccc7cccnc67)cccc4C54c5ccccc5Oc5ccccc54)c3)nc(-c3ccccc3)n2)cc1. The molecule has 0 fully saturated rings. The van der Waals surface area contributed by atoms with Crippen molar-refractivity contribution in [1.82, 2.24) is 15.0 Å². The highest BCUT2D eigenvalue weighted by Crippen LogP contribution is 2.65. The van der Waals surface area contributed by atoms with Crippen molar-refractivity contribution in [1.29, 1.82) is 0 Å². The molecule has 60 heavy (non-hydrogen) atoms. The van der Waals surface area contributed by atoms with Crippen LogP contribution in [-0.4, -0.2) is 15.0 Å². The molecule has 280 valence electrons. The minimum absolute atomic E-state index is 0.639. The summed E-state index contributed by atoms with van der Waals surface area (Å²) in [6, 6.07) is 72.9. The zero-order chi connectivity index (χ0) is 39.6. The Morgan fingerprint density at radius 1 is 0.367 bits per heavy atom. The maximum atomic E-state index is 6.71. The molecular weight excluding hydrogens is 731 g/mol. The third-order valence-electron chi connectivity index (χ3n) is 12.2. The van der Waals surface area contributed by atoms with Gasteiger partial charge in [-0.2, -0.15) is 0 Å². The summed E-state index contributed by atoms with van der Waals surface area (Å²) >= 11 is 0. The first kappa shape index (κ1) is 34.1. The van der Waals surface area contributed by atoms with Gasteiger partial charge in [0, 0.05) is 45.0 Å². The first-order valence-electron chi connectivity index (χ1n) is 20.3. The van der Waals surface area contributed by atoms with Crippen LogP contribution in [-0.2, 0) is 5.41 Å². The molecule has 3 heterocycles. The predicted molar refractivity (Wildman–Crippen MR) is 242 cm³/mol. The third kappa shape index (κ3) is 5.14. The molecule has 4 heteroatoms. The molecule has 2 aliphatic rings. The first-order valence-corrected chi connectivity index (χ1v) is 20.3. The van der Waals surface area contributed by atoms with Gasteiger partial charge in [0.25, 0.3) is 0 Å². The monoisotopic (exact) mass is 765 g/mol. The van der Waals surface area contributed by atoms with Gasteiger partial charge in [0.15, 0.2) is 5.82 Å². The van der Waals surface area contributed by atoms with Gasteiger partial charge in [0.2, 0.25) is 0 Å². The van der Waals surface area contributed by atoms with Crippen LogP contribution < -0.4 is 4.74 Å². The van der Waals surface area contributed by atoms with Gasteiger partial charge in [-0.1, -0.05) is 176 Å². The quantitative estimate of drug-likeness (QED) is 0.175. The zero-order valence-corrected chi connectivity index (χ0v) is 32.5.